The molecule has 0 spiro atoms. The van der Waals surface area contributed by atoms with Crippen molar-refractivity contribution in [2.45, 2.75) is 26.7 Å². The van der Waals surface area contributed by atoms with Crippen molar-refractivity contribution < 1.29 is 9.53 Å². The lowest BCUT2D eigenvalue weighted by molar-refractivity contribution is 0.105. The number of nitrogens with zero attached hydrogens (tertiary/aromatic N) is 4. The second-order valence-corrected chi connectivity index (χ2v) is 6.82. The minimum Gasteiger partial charge on any atom is -0.450 e. The maximum absolute atomic E-state index is 11.8. The molecule has 1 amide bonds. The van der Waals surface area contributed by atoms with Gasteiger partial charge in [0.2, 0.25) is 5.95 Å². The number of carbonyl (C=O) groups is 1. The van der Waals surface area contributed by atoms with Crippen molar-refractivity contribution in [3.05, 3.63) is 42.1 Å². The molecule has 1 saturated heterocycles. The summed E-state index contributed by atoms with van der Waals surface area (Å²) >= 11 is 0. The van der Waals surface area contributed by atoms with E-state index in [4.69, 9.17) is 4.74 Å². The van der Waals surface area contributed by atoms with Gasteiger partial charge in [-0.1, -0.05) is 26.0 Å². The quantitative estimate of drug-likeness (QED) is 0.868. The number of amides is 1. The normalized spacial score (nSPS) is 14.4. The highest BCUT2D eigenvalue weighted by Gasteiger charge is 2.23. The molecule has 144 valence electrons. The van der Waals surface area contributed by atoms with Gasteiger partial charge in [0.1, 0.15) is 5.82 Å². The van der Waals surface area contributed by atoms with Crippen molar-refractivity contribution in [1.82, 2.24) is 14.9 Å². The highest BCUT2D eigenvalue weighted by atomic mass is 16.6. The Morgan fingerprint density at radius 1 is 1.15 bits per heavy atom. The molecule has 7 heteroatoms. The van der Waals surface area contributed by atoms with E-state index in [0.29, 0.717) is 44.7 Å². The summed E-state index contributed by atoms with van der Waals surface area (Å²) in [6, 6.07) is 10.2. The molecule has 1 aliphatic rings. The zero-order chi connectivity index (χ0) is 19.2. The molecule has 0 saturated carbocycles. The molecule has 2 aromatic rings. The first-order valence-electron chi connectivity index (χ1n) is 9.43. The van der Waals surface area contributed by atoms with Gasteiger partial charge in [0, 0.05) is 38.1 Å². The van der Waals surface area contributed by atoms with E-state index >= 15 is 0 Å². The van der Waals surface area contributed by atoms with Crippen molar-refractivity contribution in [3.63, 3.8) is 0 Å². The number of anilines is 3. The number of carbonyl (C=O) groups excluding carboxylic acids is 1. The van der Waals surface area contributed by atoms with Crippen LogP contribution in [0.25, 0.3) is 0 Å². The highest BCUT2D eigenvalue weighted by molar-refractivity contribution is 5.68. The van der Waals surface area contributed by atoms with Crippen molar-refractivity contribution in [3.8, 4) is 0 Å². The van der Waals surface area contributed by atoms with Gasteiger partial charge in [0.05, 0.1) is 6.61 Å². The van der Waals surface area contributed by atoms with E-state index in [9.17, 15) is 4.79 Å². The van der Waals surface area contributed by atoms with Gasteiger partial charge in [0.25, 0.3) is 0 Å². The van der Waals surface area contributed by atoms with Crippen LogP contribution < -0.4 is 10.2 Å². The molecule has 0 aliphatic carbocycles. The number of rotatable bonds is 5. The minimum absolute atomic E-state index is 0.252. The molecule has 1 aliphatic heterocycles. The van der Waals surface area contributed by atoms with Gasteiger partial charge < -0.3 is 19.9 Å². The van der Waals surface area contributed by atoms with E-state index in [1.54, 1.807) is 11.1 Å². The lowest BCUT2D eigenvalue weighted by Gasteiger charge is -2.34. The first-order chi connectivity index (χ1) is 13.1. The molecule has 1 fully saturated rings. The van der Waals surface area contributed by atoms with Crippen LogP contribution in [0.5, 0.6) is 0 Å². The van der Waals surface area contributed by atoms with Crippen LogP contribution in [0.2, 0.25) is 0 Å². The molecule has 3 rings (SSSR count). The van der Waals surface area contributed by atoms with Gasteiger partial charge >= 0.3 is 6.09 Å². The van der Waals surface area contributed by atoms with Crippen LogP contribution in [0.15, 0.2) is 36.5 Å². The Labute approximate surface area is 160 Å². The maximum Gasteiger partial charge on any atom is 0.409 e. The number of piperazine rings is 1. The zero-order valence-electron chi connectivity index (χ0n) is 16.2. The molecule has 1 N–H and O–H groups in total. The molecule has 7 nitrogen and oxygen atoms in total. The molecule has 1 aromatic carbocycles. The molecule has 2 heterocycles. The standard InChI is InChI=1S/C20H27N5O2/c1-4-27-20(26)25-13-11-24(12-14-25)19-21-10-9-18(23-19)22-17-7-5-16(6-8-17)15(2)3/h5-10,15H,4,11-14H2,1-3H3,(H,21,22,23). The van der Waals surface area contributed by atoms with Gasteiger partial charge in [-0.15, -0.1) is 0 Å². The smallest absolute Gasteiger partial charge is 0.409 e. The minimum atomic E-state index is -0.252. The summed E-state index contributed by atoms with van der Waals surface area (Å²) in [5.41, 5.74) is 2.31. The van der Waals surface area contributed by atoms with Crippen LogP contribution in [-0.4, -0.2) is 53.7 Å². The Kier molecular flexibility index (Phi) is 6.11. The number of hydrogen-bond acceptors (Lipinski definition) is 6. The highest BCUT2D eigenvalue weighted by Crippen LogP contribution is 2.21. The molecule has 0 atom stereocenters. The van der Waals surface area contributed by atoms with Crippen molar-refractivity contribution in [2.24, 2.45) is 0 Å². The van der Waals surface area contributed by atoms with E-state index in [-0.39, 0.29) is 6.09 Å². The summed E-state index contributed by atoms with van der Waals surface area (Å²) in [5, 5.41) is 3.33. The summed E-state index contributed by atoms with van der Waals surface area (Å²) in [6.45, 7) is 9.16. The SMILES string of the molecule is CCOC(=O)N1CCN(c2nccc(Nc3ccc(C(C)C)cc3)n2)CC1. The van der Waals surface area contributed by atoms with E-state index in [1.165, 1.54) is 5.56 Å². The zero-order valence-corrected chi connectivity index (χ0v) is 16.2. The monoisotopic (exact) mass is 369 g/mol. The summed E-state index contributed by atoms with van der Waals surface area (Å²) in [7, 11) is 0. The summed E-state index contributed by atoms with van der Waals surface area (Å²) in [5.74, 6) is 1.94. The Hall–Kier alpha value is -2.83. The van der Waals surface area contributed by atoms with Gasteiger partial charge in [0.15, 0.2) is 0 Å². The largest absolute Gasteiger partial charge is 0.450 e. The molecular weight excluding hydrogens is 342 g/mol. The Balaban J connectivity index is 1.61. The van der Waals surface area contributed by atoms with E-state index in [0.717, 1.165) is 11.5 Å². The molecule has 0 unspecified atom stereocenters. The third-order valence-electron chi connectivity index (χ3n) is 4.58. The van der Waals surface area contributed by atoms with Gasteiger partial charge in [-0.05, 0) is 36.6 Å². The van der Waals surface area contributed by atoms with E-state index < -0.39 is 0 Å². The van der Waals surface area contributed by atoms with Crippen molar-refractivity contribution in [2.75, 3.05) is 43.0 Å². The Morgan fingerprint density at radius 2 is 1.85 bits per heavy atom. The fraction of sp³-hybridized carbons (Fsp3) is 0.450. The fourth-order valence-electron chi connectivity index (χ4n) is 2.97. The molecule has 27 heavy (non-hydrogen) atoms. The van der Waals surface area contributed by atoms with Crippen molar-refractivity contribution >= 4 is 23.5 Å². The van der Waals surface area contributed by atoms with Gasteiger partial charge in [-0.3, -0.25) is 0 Å². The lowest BCUT2D eigenvalue weighted by Crippen LogP contribution is -2.49. The molecule has 1 aromatic heterocycles. The Morgan fingerprint density at radius 3 is 2.48 bits per heavy atom. The lowest BCUT2D eigenvalue weighted by atomic mass is 10.0. The molecule has 0 radical (unpaired) electrons. The third kappa shape index (κ3) is 4.87. The second-order valence-electron chi connectivity index (χ2n) is 6.82. The number of hydrogen-bond donors (Lipinski definition) is 1. The average Bonchev–Trinajstić information content (AvgIpc) is 2.69. The van der Waals surface area contributed by atoms with E-state index in [1.807, 2.05) is 13.0 Å². The predicted molar refractivity (Wildman–Crippen MR) is 107 cm³/mol. The predicted octanol–water partition coefficient (Wildman–Crippen LogP) is 3.62. The van der Waals surface area contributed by atoms with Gasteiger partial charge in [-0.2, -0.15) is 4.98 Å². The van der Waals surface area contributed by atoms with E-state index in [2.05, 4.69) is 58.3 Å². The van der Waals surface area contributed by atoms with Crippen molar-refractivity contribution in [1.29, 1.82) is 0 Å². The van der Waals surface area contributed by atoms with Gasteiger partial charge in [-0.25, -0.2) is 9.78 Å². The van der Waals surface area contributed by atoms with Crippen LogP contribution in [0.3, 0.4) is 0 Å². The number of ether oxygens (including phenoxy) is 1. The van der Waals surface area contributed by atoms with Crippen LogP contribution >= 0.6 is 0 Å². The summed E-state index contributed by atoms with van der Waals surface area (Å²) in [6.07, 6.45) is 1.50. The fourth-order valence-corrected chi connectivity index (χ4v) is 2.97. The molecule has 0 bridgehead atoms. The summed E-state index contributed by atoms with van der Waals surface area (Å²) < 4.78 is 5.06. The Bertz CT molecular complexity index is 755. The molecular formula is C20H27N5O2. The van der Waals surface area contributed by atoms with Crippen LogP contribution in [-0.2, 0) is 4.74 Å². The average molecular weight is 369 g/mol. The first-order valence-corrected chi connectivity index (χ1v) is 9.43. The van der Waals surface area contributed by atoms with Crippen LogP contribution in [0, 0.1) is 0 Å². The number of nitrogens with one attached hydrogen (secondary N) is 1. The number of aromatic nitrogens is 2. The first kappa shape index (κ1) is 18.9. The maximum atomic E-state index is 11.8. The second kappa shape index (κ2) is 8.70. The number of benzene rings is 1. The third-order valence-corrected chi connectivity index (χ3v) is 4.58. The summed E-state index contributed by atoms with van der Waals surface area (Å²) in [4.78, 5) is 24.6. The van der Waals surface area contributed by atoms with Crippen LogP contribution in [0.1, 0.15) is 32.3 Å². The topological polar surface area (TPSA) is 70.6 Å². The van der Waals surface area contributed by atoms with Crippen LogP contribution in [0.4, 0.5) is 22.2 Å².